The molecule has 0 unspecified atom stereocenters. The first-order valence-electron chi connectivity index (χ1n) is 9.87. The number of nitrogens with zero attached hydrogens (tertiary/aromatic N) is 2. The lowest BCUT2D eigenvalue weighted by Gasteiger charge is -2.35. The molecule has 1 aromatic rings. The Labute approximate surface area is 174 Å². The second kappa shape index (κ2) is 9.80. The molecule has 2 saturated heterocycles. The Bertz CT molecular complexity index is 882. The summed E-state index contributed by atoms with van der Waals surface area (Å²) in [6, 6.07) is 2.28. The molecule has 2 aliphatic rings. The Morgan fingerprint density at radius 1 is 1.03 bits per heavy atom. The highest BCUT2D eigenvalue weighted by Gasteiger charge is 2.30. The molecular weight excluding hydrogens is 420 g/mol. The highest BCUT2D eigenvalue weighted by Crippen LogP contribution is 2.21. The van der Waals surface area contributed by atoms with E-state index in [0.29, 0.717) is 58.3 Å². The summed E-state index contributed by atoms with van der Waals surface area (Å²) in [4.78, 5) is 27.9. The molecule has 2 amide bonds. The smallest absolute Gasteiger partial charge is 0.240 e. The van der Waals surface area contributed by atoms with Crippen LogP contribution in [0, 0.1) is 17.6 Å². The lowest BCUT2D eigenvalue weighted by Crippen LogP contribution is -2.47. The van der Waals surface area contributed by atoms with Crippen molar-refractivity contribution in [3.05, 3.63) is 29.8 Å². The van der Waals surface area contributed by atoms with Gasteiger partial charge in [0.15, 0.2) is 11.6 Å². The standard InChI is InChI=1S/C19H25F2N3O5S/c20-16-2-1-15(13-17(16)21)30(27,28)22-6-3-18(25)23-7-4-14(5-8-23)19(26)24-9-11-29-12-10-24/h1-2,13-14,22H,3-12H2. The van der Waals surface area contributed by atoms with Gasteiger partial charge in [-0.3, -0.25) is 9.59 Å². The van der Waals surface area contributed by atoms with Crippen LogP contribution < -0.4 is 4.72 Å². The van der Waals surface area contributed by atoms with Gasteiger partial charge in [0.1, 0.15) is 0 Å². The van der Waals surface area contributed by atoms with Crippen LogP contribution in [0.2, 0.25) is 0 Å². The molecule has 2 fully saturated rings. The molecule has 3 rings (SSSR count). The molecule has 0 bridgehead atoms. The number of morpholine rings is 1. The first-order chi connectivity index (χ1) is 14.3. The Kier molecular flexibility index (Phi) is 7.37. The Morgan fingerprint density at radius 2 is 1.70 bits per heavy atom. The maximum absolute atomic E-state index is 13.2. The predicted octanol–water partition coefficient (Wildman–Crippen LogP) is 0.731. The van der Waals surface area contributed by atoms with Crippen molar-refractivity contribution < 1.29 is 31.5 Å². The zero-order valence-corrected chi connectivity index (χ0v) is 17.3. The number of carbonyl (C=O) groups is 2. The van der Waals surface area contributed by atoms with E-state index in [0.717, 1.165) is 12.1 Å². The second-order valence-electron chi connectivity index (χ2n) is 7.32. The van der Waals surface area contributed by atoms with Crippen LogP contribution in [0.15, 0.2) is 23.1 Å². The molecular formula is C19H25F2N3O5S. The molecule has 0 spiro atoms. The monoisotopic (exact) mass is 445 g/mol. The fourth-order valence-corrected chi connectivity index (χ4v) is 4.64. The van der Waals surface area contributed by atoms with Gasteiger partial charge in [0.05, 0.1) is 18.1 Å². The number of nitrogens with one attached hydrogen (secondary N) is 1. The van der Waals surface area contributed by atoms with E-state index in [4.69, 9.17) is 4.74 Å². The van der Waals surface area contributed by atoms with Crippen molar-refractivity contribution in [2.24, 2.45) is 5.92 Å². The van der Waals surface area contributed by atoms with Crippen LogP contribution in [0.1, 0.15) is 19.3 Å². The quantitative estimate of drug-likeness (QED) is 0.697. The van der Waals surface area contributed by atoms with Crippen LogP contribution in [-0.2, 0) is 24.3 Å². The van der Waals surface area contributed by atoms with Crippen LogP contribution in [0.5, 0.6) is 0 Å². The van der Waals surface area contributed by atoms with E-state index in [9.17, 15) is 26.8 Å². The van der Waals surface area contributed by atoms with Gasteiger partial charge in [0.2, 0.25) is 21.8 Å². The number of halogens is 2. The highest BCUT2D eigenvalue weighted by atomic mass is 32.2. The summed E-state index contributed by atoms with van der Waals surface area (Å²) in [7, 11) is -4.05. The number of hydrogen-bond acceptors (Lipinski definition) is 5. The van der Waals surface area contributed by atoms with Crippen molar-refractivity contribution in [3.8, 4) is 0 Å². The van der Waals surface area contributed by atoms with E-state index < -0.39 is 26.6 Å². The van der Waals surface area contributed by atoms with Crippen molar-refractivity contribution >= 4 is 21.8 Å². The minimum atomic E-state index is -4.05. The molecule has 11 heteroatoms. The fourth-order valence-electron chi connectivity index (χ4n) is 3.60. The van der Waals surface area contributed by atoms with Crippen LogP contribution in [0.3, 0.4) is 0 Å². The Morgan fingerprint density at radius 3 is 2.33 bits per heavy atom. The molecule has 0 atom stereocenters. The Balaban J connectivity index is 1.43. The van der Waals surface area contributed by atoms with Crippen molar-refractivity contribution in [3.63, 3.8) is 0 Å². The number of sulfonamides is 1. The molecule has 8 nitrogen and oxygen atoms in total. The summed E-state index contributed by atoms with van der Waals surface area (Å²) < 4.78 is 58.0. The predicted molar refractivity (Wildman–Crippen MR) is 103 cm³/mol. The van der Waals surface area contributed by atoms with Gasteiger partial charge in [-0.05, 0) is 31.0 Å². The maximum Gasteiger partial charge on any atom is 0.240 e. The number of piperidine rings is 1. The summed E-state index contributed by atoms with van der Waals surface area (Å²) in [5, 5.41) is 0. The van der Waals surface area contributed by atoms with Crippen molar-refractivity contribution in [1.82, 2.24) is 14.5 Å². The summed E-state index contributed by atoms with van der Waals surface area (Å²) >= 11 is 0. The first kappa shape index (κ1) is 22.6. The van der Waals surface area contributed by atoms with Gasteiger partial charge >= 0.3 is 0 Å². The molecule has 0 aliphatic carbocycles. The average Bonchev–Trinajstić information content (AvgIpc) is 2.75. The maximum atomic E-state index is 13.2. The lowest BCUT2D eigenvalue weighted by molar-refractivity contribution is -0.143. The highest BCUT2D eigenvalue weighted by molar-refractivity contribution is 7.89. The van der Waals surface area contributed by atoms with Crippen molar-refractivity contribution in [2.75, 3.05) is 45.9 Å². The zero-order valence-electron chi connectivity index (χ0n) is 16.5. The first-order valence-corrected chi connectivity index (χ1v) is 11.4. The largest absolute Gasteiger partial charge is 0.378 e. The van der Waals surface area contributed by atoms with E-state index in [1.807, 2.05) is 0 Å². The number of amides is 2. The minimum Gasteiger partial charge on any atom is -0.378 e. The van der Waals surface area contributed by atoms with E-state index >= 15 is 0 Å². The summed E-state index contributed by atoms with van der Waals surface area (Å²) in [6.45, 7) is 3.00. The van der Waals surface area contributed by atoms with Gasteiger partial charge < -0.3 is 14.5 Å². The van der Waals surface area contributed by atoms with Crippen LogP contribution in [-0.4, -0.2) is 76.0 Å². The molecule has 0 saturated carbocycles. The summed E-state index contributed by atoms with van der Waals surface area (Å²) in [5.41, 5.74) is 0. The average molecular weight is 445 g/mol. The number of likely N-dealkylation sites (tertiary alicyclic amines) is 1. The second-order valence-corrected chi connectivity index (χ2v) is 9.08. The zero-order chi connectivity index (χ0) is 21.7. The fraction of sp³-hybridized carbons (Fsp3) is 0.579. The van der Waals surface area contributed by atoms with E-state index in [2.05, 4.69) is 4.72 Å². The molecule has 1 aromatic carbocycles. The molecule has 2 heterocycles. The third kappa shape index (κ3) is 5.52. The van der Waals surface area contributed by atoms with Crippen LogP contribution in [0.25, 0.3) is 0 Å². The summed E-state index contributed by atoms with van der Waals surface area (Å²) in [5.74, 6) is -2.63. The minimum absolute atomic E-state index is 0.0645. The normalized spacial score (nSPS) is 18.5. The number of carbonyl (C=O) groups excluding carboxylic acids is 2. The molecule has 2 aliphatic heterocycles. The van der Waals surface area contributed by atoms with Crippen molar-refractivity contribution in [1.29, 1.82) is 0 Å². The van der Waals surface area contributed by atoms with Crippen LogP contribution >= 0.6 is 0 Å². The van der Waals surface area contributed by atoms with Crippen molar-refractivity contribution in [2.45, 2.75) is 24.2 Å². The van der Waals surface area contributed by atoms with E-state index in [1.165, 1.54) is 0 Å². The number of ether oxygens (including phenoxy) is 1. The van der Waals surface area contributed by atoms with E-state index in [1.54, 1.807) is 9.80 Å². The Hall–Kier alpha value is -2.11. The number of benzene rings is 1. The van der Waals surface area contributed by atoms with Gasteiger partial charge in [-0.1, -0.05) is 0 Å². The van der Waals surface area contributed by atoms with Gasteiger partial charge in [0, 0.05) is 45.1 Å². The van der Waals surface area contributed by atoms with Gasteiger partial charge in [-0.2, -0.15) is 0 Å². The molecule has 1 N–H and O–H groups in total. The third-order valence-corrected chi connectivity index (χ3v) is 6.81. The molecule has 30 heavy (non-hydrogen) atoms. The topological polar surface area (TPSA) is 96.0 Å². The van der Waals surface area contributed by atoms with Crippen LogP contribution in [0.4, 0.5) is 8.78 Å². The lowest BCUT2D eigenvalue weighted by atomic mass is 9.95. The van der Waals surface area contributed by atoms with Gasteiger partial charge in [-0.25, -0.2) is 21.9 Å². The molecule has 0 radical (unpaired) electrons. The SMILES string of the molecule is O=C(CCNS(=O)(=O)c1ccc(F)c(F)c1)N1CCC(C(=O)N2CCOCC2)CC1. The van der Waals surface area contributed by atoms with E-state index in [-0.39, 0.29) is 30.7 Å². The van der Waals surface area contributed by atoms with Gasteiger partial charge in [-0.15, -0.1) is 0 Å². The molecule has 166 valence electrons. The molecule has 0 aromatic heterocycles. The van der Waals surface area contributed by atoms with Gasteiger partial charge in [0.25, 0.3) is 0 Å². The third-order valence-electron chi connectivity index (χ3n) is 5.35. The number of hydrogen-bond donors (Lipinski definition) is 1. The number of rotatable bonds is 6. The summed E-state index contributed by atoms with van der Waals surface area (Å²) in [6.07, 6.45) is 1.08.